The molecule has 1 fully saturated rings. The summed E-state index contributed by atoms with van der Waals surface area (Å²) in [7, 11) is 0. The van der Waals surface area contributed by atoms with Crippen molar-refractivity contribution in [2.45, 2.75) is 25.3 Å². The molecule has 1 atom stereocenters. The van der Waals surface area contributed by atoms with Crippen LogP contribution < -0.4 is 4.90 Å². The van der Waals surface area contributed by atoms with Gasteiger partial charge < -0.3 is 4.90 Å². The Balaban J connectivity index is 1.89. The van der Waals surface area contributed by atoms with Crippen LogP contribution in [0.2, 0.25) is 0 Å². The van der Waals surface area contributed by atoms with Gasteiger partial charge in [-0.3, -0.25) is 5.10 Å². The fourth-order valence-corrected chi connectivity index (χ4v) is 2.52. The van der Waals surface area contributed by atoms with Gasteiger partial charge >= 0.3 is 0 Å². The number of nitrogens with one attached hydrogen (secondary N) is 1. The highest BCUT2D eigenvalue weighted by molar-refractivity contribution is 5.41. The molecule has 0 bridgehead atoms. The number of anilines is 1. The summed E-state index contributed by atoms with van der Waals surface area (Å²) >= 11 is 0. The minimum absolute atomic E-state index is 0.287. The van der Waals surface area contributed by atoms with Gasteiger partial charge in [-0.2, -0.15) is 10.4 Å². The molecule has 2 aromatic heterocycles. The lowest BCUT2D eigenvalue weighted by Crippen LogP contribution is -2.33. The predicted molar refractivity (Wildman–Crippen MR) is 69.3 cm³/mol. The Bertz CT molecular complexity index is 568. The highest BCUT2D eigenvalue weighted by atomic mass is 15.2. The molecular weight excluding hydrogens is 240 g/mol. The number of piperidine rings is 1. The van der Waals surface area contributed by atoms with Crippen LogP contribution in [0.5, 0.6) is 0 Å². The number of rotatable bonds is 2. The molecule has 0 saturated carbocycles. The molecule has 1 saturated heterocycles. The molecule has 0 aromatic carbocycles. The number of hydrogen-bond acceptors (Lipinski definition) is 5. The summed E-state index contributed by atoms with van der Waals surface area (Å²) in [6.45, 7) is 0.955. The molecule has 0 aliphatic carbocycles. The van der Waals surface area contributed by atoms with Crippen molar-refractivity contribution in [3.63, 3.8) is 0 Å². The van der Waals surface area contributed by atoms with Gasteiger partial charge in [0.25, 0.3) is 0 Å². The van der Waals surface area contributed by atoms with E-state index in [2.05, 4.69) is 25.1 Å². The average molecular weight is 254 g/mol. The van der Waals surface area contributed by atoms with E-state index in [9.17, 15) is 0 Å². The highest BCUT2D eigenvalue weighted by Gasteiger charge is 2.25. The van der Waals surface area contributed by atoms with Gasteiger partial charge in [0.2, 0.25) is 0 Å². The first-order valence-electron chi connectivity index (χ1n) is 6.36. The number of nitriles is 1. The Morgan fingerprint density at radius 3 is 2.89 bits per heavy atom. The van der Waals surface area contributed by atoms with Crippen LogP contribution in [0.1, 0.15) is 36.6 Å². The van der Waals surface area contributed by atoms with E-state index in [-0.39, 0.29) is 6.04 Å². The maximum Gasteiger partial charge on any atom is 0.158 e. The molecule has 19 heavy (non-hydrogen) atoms. The SMILES string of the molecule is N#Cc1cnc(N2CCCCC2c2cn[nH]c2)cn1. The largest absolute Gasteiger partial charge is 0.348 e. The van der Waals surface area contributed by atoms with E-state index in [0.29, 0.717) is 5.69 Å². The van der Waals surface area contributed by atoms with Crippen molar-refractivity contribution in [2.75, 3.05) is 11.4 Å². The third kappa shape index (κ3) is 2.27. The first kappa shape index (κ1) is 11.7. The summed E-state index contributed by atoms with van der Waals surface area (Å²) in [5, 5.41) is 15.6. The molecule has 3 heterocycles. The van der Waals surface area contributed by atoms with Crippen molar-refractivity contribution in [1.82, 2.24) is 20.2 Å². The first-order chi connectivity index (χ1) is 9.38. The minimum Gasteiger partial charge on any atom is -0.348 e. The van der Waals surface area contributed by atoms with E-state index in [1.807, 2.05) is 18.5 Å². The highest BCUT2D eigenvalue weighted by Crippen LogP contribution is 2.33. The van der Waals surface area contributed by atoms with Crippen molar-refractivity contribution < 1.29 is 0 Å². The Morgan fingerprint density at radius 1 is 1.26 bits per heavy atom. The van der Waals surface area contributed by atoms with Gasteiger partial charge in [-0.1, -0.05) is 0 Å². The third-order valence-corrected chi connectivity index (χ3v) is 3.45. The van der Waals surface area contributed by atoms with Gasteiger partial charge in [-0.25, -0.2) is 9.97 Å². The Hall–Kier alpha value is -2.42. The third-order valence-electron chi connectivity index (χ3n) is 3.45. The van der Waals surface area contributed by atoms with Crippen molar-refractivity contribution >= 4 is 5.82 Å². The molecule has 1 aliphatic rings. The number of aromatic amines is 1. The van der Waals surface area contributed by atoms with Gasteiger partial charge in [0, 0.05) is 18.3 Å². The van der Waals surface area contributed by atoms with Gasteiger partial charge in [0.05, 0.1) is 24.6 Å². The van der Waals surface area contributed by atoms with E-state index < -0.39 is 0 Å². The zero-order chi connectivity index (χ0) is 13.1. The zero-order valence-electron chi connectivity index (χ0n) is 10.5. The number of nitrogens with zero attached hydrogens (tertiary/aromatic N) is 5. The minimum atomic E-state index is 0.287. The Labute approximate surface area is 111 Å². The smallest absolute Gasteiger partial charge is 0.158 e. The fourth-order valence-electron chi connectivity index (χ4n) is 2.52. The van der Waals surface area contributed by atoms with Crippen molar-refractivity contribution in [3.8, 4) is 6.07 Å². The van der Waals surface area contributed by atoms with Crippen molar-refractivity contribution in [3.05, 3.63) is 36.0 Å². The lowest BCUT2D eigenvalue weighted by atomic mass is 9.98. The quantitative estimate of drug-likeness (QED) is 0.883. The zero-order valence-corrected chi connectivity index (χ0v) is 10.5. The van der Waals surface area contributed by atoms with Gasteiger partial charge in [-0.15, -0.1) is 0 Å². The van der Waals surface area contributed by atoms with E-state index in [0.717, 1.165) is 25.2 Å². The molecular formula is C13H14N6. The second-order valence-corrected chi connectivity index (χ2v) is 4.61. The van der Waals surface area contributed by atoms with Crippen LogP contribution in [0.3, 0.4) is 0 Å². The molecule has 6 nitrogen and oxygen atoms in total. The molecule has 2 aromatic rings. The van der Waals surface area contributed by atoms with E-state index in [1.54, 1.807) is 6.20 Å². The summed E-state index contributed by atoms with van der Waals surface area (Å²) in [4.78, 5) is 10.7. The van der Waals surface area contributed by atoms with Crippen LogP contribution >= 0.6 is 0 Å². The monoisotopic (exact) mass is 254 g/mol. The van der Waals surface area contributed by atoms with E-state index in [1.165, 1.54) is 18.2 Å². The number of H-pyrrole nitrogens is 1. The summed E-state index contributed by atoms with van der Waals surface area (Å²) in [5.74, 6) is 0.824. The molecule has 0 amide bonds. The molecule has 96 valence electrons. The molecule has 1 unspecified atom stereocenters. The van der Waals surface area contributed by atoms with Crippen LogP contribution in [-0.4, -0.2) is 26.7 Å². The molecule has 1 N–H and O–H groups in total. The molecule has 3 rings (SSSR count). The predicted octanol–water partition coefficient (Wildman–Crippen LogP) is 1.80. The van der Waals surface area contributed by atoms with Crippen LogP contribution in [0.15, 0.2) is 24.8 Å². The fraction of sp³-hybridized carbons (Fsp3) is 0.385. The maximum atomic E-state index is 8.76. The van der Waals surface area contributed by atoms with Gasteiger partial charge in [-0.05, 0) is 19.3 Å². The van der Waals surface area contributed by atoms with Crippen LogP contribution in [0.25, 0.3) is 0 Å². The van der Waals surface area contributed by atoms with Crippen LogP contribution in [0, 0.1) is 11.3 Å². The van der Waals surface area contributed by atoms with Crippen LogP contribution in [-0.2, 0) is 0 Å². The van der Waals surface area contributed by atoms with E-state index in [4.69, 9.17) is 5.26 Å². The van der Waals surface area contributed by atoms with Gasteiger partial charge in [0.15, 0.2) is 5.69 Å². The van der Waals surface area contributed by atoms with Crippen molar-refractivity contribution in [1.29, 1.82) is 5.26 Å². The Kier molecular flexibility index (Phi) is 3.11. The molecule has 0 radical (unpaired) electrons. The molecule has 6 heteroatoms. The topological polar surface area (TPSA) is 81.5 Å². The summed E-state index contributed by atoms with van der Waals surface area (Å²) in [6, 6.07) is 2.28. The number of hydrogen-bond donors (Lipinski definition) is 1. The molecule has 0 spiro atoms. The second-order valence-electron chi connectivity index (χ2n) is 4.61. The molecule has 1 aliphatic heterocycles. The van der Waals surface area contributed by atoms with E-state index >= 15 is 0 Å². The standard InChI is InChI=1S/C13H14N6/c14-5-11-8-16-13(9-15-11)19-4-2-1-3-12(19)10-6-17-18-7-10/h6-9,12H,1-4H2,(H,17,18). The van der Waals surface area contributed by atoms with Crippen LogP contribution in [0.4, 0.5) is 5.82 Å². The van der Waals surface area contributed by atoms with Gasteiger partial charge in [0.1, 0.15) is 11.9 Å². The average Bonchev–Trinajstić information content (AvgIpc) is 3.01. The summed E-state index contributed by atoms with van der Waals surface area (Å²) < 4.78 is 0. The lowest BCUT2D eigenvalue weighted by molar-refractivity contribution is 0.469. The second kappa shape index (κ2) is 5.06. The van der Waals surface area contributed by atoms with Crippen molar-refractivity contribution in [2.24, 2.45) is 0 Å². The first-order valence-corrected chi connectivity index (χ1v) is 6.36. The maximum absolute atomic E-state index is 8.76. The lowest BCUT2D eigenvalue weighted by Gasteiger charge is -2.35. The summed E-state index contributed by atoms with van der Waals surface area (Å²) in [6.07, 6.45) is 10.4. The summed E-state index contributed by atoms with van der Waals surface area (Å²) in [5.41, 5.74) is 1.52. The number of aromatic nitrogens is 4. The Morgan fingerprint density at radius 2 is 2.21 bits per heavy atom. The normalized spacial score (nSPS) is 19.1.